The minimum atomic E-state index is -3.30. The molecule has 1 aromatic rings. The van der Waals surface area contributed by atoms with E-state index in [1.54, 1.807) is 6.07 Å². The van der Waals surface area contributed by atoms with Gasteiger partial charge in [-0.3, -0.25) is 0 Å². The SMILES string of the molecule is CC(C)(C)c1c(SC2CCCC2)ccc(S(C)(=O)=O)c1Cl. The minimum Gasteiger partial charge on any atom is -0.224 e. The minimum absolute atomic E-state index is 0.182. The van der Waals surface area contributed by atoms with Crippen molar-refractivity contribution in [3.05, 3.63) is 22.7 Å². The van der Waals surface area contributed by atoms with Crippen LogP contribution in [-0.4, -0.2) is 19.9 Å². The molecule has 0 amide bonds. The van der Waals surface area contributed by atoms with Crippen LogP contribution < -0.4 is 0 Å². The molecule has 1 aliphatic rings. The van der Waals surface area contributed by atoms with Crippen molar-refractivity contribution >= 4 is 33.2 Å². The number of benzene rings is 1. The molecule has 1 fully saturated rings. The molecule has 2 nitrogen and oxygen atoms in total. The predicted octanol–water partition coefficient (Wildman–Crippen LogP) is 5.08. The summed E-state index contributed by atoms with van der Waals surface area (Å²) in [7, 11) is -3.30. The first kappa shape index (κ1) is 17.2. The third-order valence-corrected chi connectivity index (χ3v) is 6.86. The van der Waals surface area contributed by atoms with Gasteiger partial charge in [-0.05, 0) is 36.0 Å². The molecule has 1 aliphatic carbocycles. The van der Waals surface area contributed by atoms with Crippen LogP contribution in [0.25, 0.3) is 0 Å². The van der Waals surface area contributed by atoms with Crippen molar-refractivity contribution in [2.45, 2.75) is 66.9 Å². The number of sulfone groups is 1. The Hall–Kier alpha value is -0.190. The molecule has 0 spiro atoms. The average Bonchev–Trinajstić information content (AvgIpc) is 2.78. The quantitative estimate of drug-likeness (QED) is 0.765. The normalized spacial score (nSPS) is 17.4. The Morgan fingerprint density at radius 1 is 1.19 bits per heavy atom. The first-order chi connectivity index (χ1) is 9.60. The smallest absolute Gasteiger partial charge is 0.177 e. The van der Waals surface area contributed by atoms with Gasteiger partial charge in [-0.2, -0.15) is 0 Å². The largest absolute Gasteiger partial charge is 0.224 e. The fourth-order valence-corrected chi connectivity index (χ4v) is 6.08. The maximum Gasteiger partial charge on any atom is 0.177 e. The highest BCUT2D eigenvalue weighted by molar-refractivity contribution is 8.00. The topological polar surface area (TPSA) is 34.1 Å². The molecule has 2 rings (SSSR count). The van der Waals surface area contributed by atoms with E-state index >= 15 is 0 Å². The summed E-state index contributed by atoms with van der Waals surface area (Å²) in [6, 6.07) is 3.59. The van der Waals surface area contributed by atoms with Crippen molar-refractivity contribution < 1.29 is 8.42 Å². The van der Waals surface area contributed by atoms with E-state index in [-0.39, 0.29) is 10.3 Å². The molecule has 1 saturated carbocycles. The zero-order chi connectivity index (χ0) is 15.8. The lowest BCUT2D eigenvalue weighted by Gasteiger charge is -2.26. The molecule has 1 aromatic carbocycles. The van der Waals surface area contributed by atoms with Crippen LogP contribution in [0.5, 0.6) is 0 Å². The van der Waals surface area contributed by atoms with Crippen LogP contribution in [-0.2, 0) is 15.3 Å². The van der Waals surface area contributed by atoms with E-state index in [1.807, 2.05) is 17.8 Å². The predicted molar refractivity (Wildman–Crippen MR) is 91.4 cm³/mol. The fourth-order valence-electron chi connectivity index (χ4n) is 2.81. The van der Waals surface area contributed by atoms with Crippen LogP contribution in [0.2, 0.25) is 5.02 Å². The molecular formula is C16H23ClO2S2. The maximum atomic E-state index is 11.9. The second-order valence-corrected chi connectivity index (χ2v) is 10.5. The van der Waals surface area contributed by atoms with Crippen LogP contribution in [0.4, 0.5) is 0 Å². The Morgan fingerprint density at radius 3 is 2.24 bits per heavy atom. The molecule has 0 aromatic heterocycles. The summed E-state index contributed by atoms with van der Waals surface area (Å²) in [5.74, 6) is 0. The first-order valence-corrected chi connectivity index (χ1v) is 10.5. The highest BCUT2D eigenvalue weighted by Gasteiger charge is 2.28. The third kappa shape index (κ3) is 3.96. The van der Waals surface area contributed by atoms with Gasteiger partial charge in [0, 0.05) is 16.4 Å². The number of hydrogen-bond donors (Lipinski definition) is 0. The van der Waals surface area contributed by atoms with Crippen molar-refractivity contribution in [3.8, 4) is 0 Å². The standard InChI is InChI=1S/C16H23ClO2S2/c1-16(2,3)14-12(20-11-7-5-6-8-11)9-10-13(15(14)17)21(4,18)19/h9-11H,5-8H2,1-4H3. The number of thioether (sulfide) groups is 1. The molecule has 21 heavy (non-hydrogen) atoms. The van der Waals surface area contributed by atoms with Crippen molar-refractivity contribution in [1.82, 2.24) is 0 Å². The van der Waals surface area contributed by atoms with Crippen molar-refractivity contribution in [3.63, 3.8) is 0 Å². The zero-order valence-electron chi connectivity index (χ0n) is 13.1. The van der Waals surface area contributed by atoms with Gasteiger partial charge in [-0.25, -0.2) is 8.42 Å². The van der Waals surface area contributed by atoms with Gasteiger partial charge >= 0.3 is 0 Å². The first-order valence-electron chi connectivity index (χ1n) is 7.30. The Labute approximate surface area is 137 Å². The van der Waals surface area contributed by atoms with Crippen LogP contribution in [0.15, 0.2) is 21.9 Å². The summed E-state index contributed by atoms with van der Waals surface area (Å²) in [6.07, 6.45) is 6.26. The molecule has 118 valence electrons. The van der Waals surface area contributed by atoms with E-state index in [4.69, 9.17) is 11.6 Å². The second kappa shape index (κ2) is 6.13. The highest BCUT2D eigenvalue weighted by atomic mass is 35.5. The molecular weight excluding hydrogens is 324 g/mol. The van der Waals surface area contributed by atoms with E-state index in [0.717, 1.165) is 10.5 Å². The zero-order valence-corrected chi connectivity index (χ0v) is 15.5. The summed E-state index contributed by atoms with van der Waals surface area (Å²) in [5, 5.41) is 1.03. The lowest BCUT2D eigenvalue weighted by molar-refractivity contribution is 0.574. The van der Waals surface area contributed by atoms with E-state index in [1.165, 1.54) is 31.9 Å². The molecule has 0 saturated heterocycles. The molecule has 0 atom stereocenters. The summed E-state index contributed by atoms with van der Waals surface area (Å²) in [5.41, 5.74) is 0.780. The Kier molecular flexibility index (Phi) is 5.01. The van der Waals surface area contributed by atoms with Gasteiger partial charge < -0.3 is 0 Å². The van der Waals surface area contributed by atoms with Gasteiger partial charge in [0.05, 0.1) is 9.92 Å². The lowest BCUT2D eigenvalue weighted by Crippen LogP contribution is -2.16. The average molecular weight is 347 g/mol. The molecule has 0 unspecified atom stereocenters. The number of rotatable bonds is 3. The van der Waals surface area contributed by atoms with Crippen LogP contribution in [0.1, 0.15) is 52.0 Å². The van der Waals surface area contributed by atoms with E-state index < -0.39 is 9.84 Å². The van der Waals surface area contributed by atoms with Crippen LogP contribution in [0.3, 0.4) is 0 Å². The number of hydrogen-bond acceptors (Lipinski definition) is 3. The summed E-state index contributed by atoms with van der Waals surface area (Å²) in [6.45, 7) is 6.25. The van der Waals surface area contributed by atoms with Crippen LogP contribution >= 0.6 is 23.4 Å². The van der Waals surface area contributed by atoms with Crippen molar-refractivity contribution in [2.24, 2.45) is 0 Å². The van der Waals surface area contributed by atoms with Gasteiger partial charge in [0.25, 0.3) is 0 Å². The van der Waals surface area contributed by atoms with E-state index in [0.29, 0.717) is 10.3 Å². The lowest BCUT2D eigenvalue weighted by atomic mass is 9.87. The molecule has 0 bridgehead atoms. The van der Waals surface area contributed by atoms with Gasteiger partial charge in [0.1, 0.15) is 0 Å². The van der Waals surface area contributed by atoms with Crippen LogP contribution in [0, 0.1) is 0 Å². The van der Waals surface area contributed by atoms with Crippen molar-refractivity contribution in [1.29, 1.82) is 0 Å². The van der Waals surface area contributed by atoms with Gasteiger partial charge in [-0.1, -0.05) is 45.2 Å². The monoisotopic (exact) mass is 346 g/mol. The molecule has 5 heteroatoms. The maximum absolute atomic E-state index is 11.9. The fraction of sp³-hybridized carbons (Fsp3) is 0.625. The van der Waals surface area contributed by atoms with Gasteiger partial charge in [0.2, 0.25) is 0 Å². The molecule has 0 radical (unpaired) electrons. The number of halogens is 1. The highest BCUT2D eigenvalue weighted by Crippen LogP contribution is 2.44. The molecule has 0 aliphatic heterocycles. The molecule has 0 heterocycles. The van der Waals surface area contributed by atoms with E-state index in [2.05, 4.69) is 20.8 Å². The van der Waals surface area contributed by atoms with Crippen molar-refractivity contribution in [2.75, 3.05) is 6.26 Å². The Balaban J connectivity index is 2.52. The Morgan fingerprint density at radius 2 is 1.76 bits per heavy atom. The summed E-state index contributed by atoms with van der Waals surface area (Å²) < 4.78 is 23.8. The van der Waals surface area contributed by atoms with Gasteiger partial charge in [-0.15, -0.1) is 11.8 Å². The summed E-state index contributed by atoms with van der Waals surface area (Å²) in [4.78, 5) is 1.37. The second-order valence-electron chi connectivity index (χ2n) is 6.80. The summed E-state index contributed by atoms with van der Waals surface area (Å²) >= 11 is 8.34. The van der Waals surface area contributed by atoms with E-state index in [9.17, 15) is 8.42 Å². The Bertz CT molecular complexity index is 624. The third-order valence-electron chi connectivity index (χ3n) is 3.81. The molecule has 0 N–H and O–H groups in total. The van der Waals surface area contributed by atoms with Gasteiger partial charge in [0.15, 0.2) is 9.84 Å².